The summed E-state index contributed by atoms with van der Waals surface area (Å²) in [5.41, 5.74) is 2.12. The minimum atomic E-state index is -0.305. The highest BCUT2D eigenvalue weighted by molar-refractivity contribution is 5.75. The Morgan fingerprint density at radius 1 is 1.40 bits per heavy atom. The van der Waals surface area contributed by atoms with E-state index in [2.05, 4.69) is 10.4 Å². The number of carbonyl (C=O) groups is 1. The fourth-order valence-corrected chi connectivity index (χ4v) is 1.81. The molecule has 0 saturated carbocycles. The van der Waals surface area contributed by atoms with Crippen molar-refractivity contribution in [3.8, 4) is 5.69 Å². The Labute approximate surface area is 118 Å². The van der Waals surface area contributed by atoms with Gasteiger partial charge in [-0.3, -0.25) is 4.79 Å². The van der Waals surface area contributed by atoms with Crippen LogP contribution < -0.4 is 5.32 Å². The molecule has 1 unspecified atom stereocenters. The molecule has 20 heavy (non-hydrogen) atoms. The number of nitrogens with zero attached hydrogens (tertiary/aromatic N) is 2. The molecule has 0 aliphatic heterocycles. The fourth-order valence-electron chi connectivity index (χ4n) is 1.81. The minimum Gasteiger partial charge on any atom is -0.465 e. The monoisotopic (exact) mass is 273 g/mol. The Morgan fingerprint density at radius 3 is 2.75 bits per heavy atom. The maximum Gasteiger partial charge on any atom is 0.322 e. The first kappa shape index (κ1) is 14.3. The summed E-state index contributed by atoms with van der Waals surface area (Å²) < 4.78 is 6.75. The fraction of sp³-hybridized carbons (Fsp3) is 0.333. The molecule has 0 saturated heterocycles. The van der Waals surface area contributed by atoms with E-state index in [1.165, 1.54) is 0 Å². The minimum absolute atomic E-state index is 0.222. The van der Waals surface area contributed by atoms with Crippen LogP contribution in [0.3, 0.4) is 0 Å². The molecular weight excluding hydrogens is 254 g/mol. The molecule has 0 fully saturated rings. The Bertz CT molecular complexity index is 535. The van der Waals surface area contributed by atoms with Crippen molar-refractivity contribution in [3.63, 3.8) is 0 Å². The van der Waals surface area contributed by atoms with Gasteiger partial charge in [0.2, 0.25) is 0 Å². The molecule has 106 valence electrons. The topological polar surface area (TPSA) is 56.1 Å². The van der Waals surface area contributed by atoms with Crippen LogP contribution in [0.25, 0.3) is 5.69 Å². The number of hydrogen-bond acceptors (Lipinski definition) is 4. The van der Waals surface area contributed by atoms with Gasteiger partial charge in [-0.05, 0) is 37.6 Å². The number of ether oxygens (including phenoxy) is 1. The molecule has 0 aliphatic rings. The van der Waals surface area contributed by atoms with E-state index in [9.17, 15) is 4.79 Å². The molecule has 1 aromatic heterocycles. The molecule has 5 nitrogen and oxygen atoms in total. The van der Waals surface area contributed by atoms with Crippen LogP contribution in [0, 0.1) is 0 Å². The summed E-state index contributed by atoms with van der Waals surface area (Å²) >= 11 is 0. The van der Waals surface area contributed by atoms with Crippen LogP contribution in [-0.2, 0) is 16.1 Å². The quantitative estimate of drug-likeness (QED) is 0.817. The van der Waals surface area contributed by atoms with Crippen molar-refractivity contribution >= 4 is 5.97 Å². The summed E-state index contributed by atoms with van der Waals surface area (Å²) in [7, 11) is 0. The van der Waals surface area contributed by atoms with Crippen molar-refractivity contribution in [2.45, 2.75) is 26.4 Å². The van der Waals surface area contributed by atoms with Gasteiger partial charge in [0.15, 0.2) is 0 Å². The average molecular weight is 273 g/mol. The summed E-state index contributed by atoms with van der Waals surface area (Å²) in [6, 6.07) is 9.61. The van der Waals surface area contributed by atoms with E-state index in [0.29, 0.717) is 13.2 Å². The third-order valence-electron chi connectivity index (χ3n) is 2.96. The second-order valence-corrected chi connectivity index (χ2v) is 4.47. The van der Waals surface area contributed by atoms with E-state index in [0.717, 1.165) is 11.3 Å². The largest absolute Gasteiger partial charge is 0.465 e. The summed E-state index contributed by atoms with van der Waals surface area (Å²) in [5.74, 6) is -0.222. The lowest BCUT2D eigenvalue weighted by atomic mass is 10.2. The molecule has 0 spiro atoms. The summed E-state index contributed by atoms with van der Waals surface area (Å²) in [6.07, 6.45) is 3.65. The molecule has 1 atom stereocenters. The Hall–Kier alpha value is -2.14. The van der Waals surface area contributed by atoms with Crippen molar-refractivity contribution in [2.75, 3.05) is 6.61 Å². The molecule has 1 N–H and O–H groups in total. The predicted octanol–water partition coefficient (Wildman–Crippen LogP) is 1.91. The van der Waals surface area contributed by atoms with Gasteiger partial charge in [-0.2, -0.15) is 5.10 Å². The van der Waals surface area contributed by atoms with Crippen LogP contribution in [0.2, 0.25) is 0 Å². The maximum atomic E-state index is 11.5. The number of hydrogen-bond donors (Lipinski definition) is 1. The highest BCUT2D eigenvalue weighted by Crippen LogP contribution is 2.08. The van der Waals surface area contributed by atoms with Crippen LogP contribution in [0.1, 0.15) is 19.4 Å². The molecule has 0 bridgehead atoms. The zero-order chi connectivity index (χ0) is 14.4. The highest BCUT2D eigenvalue weighted by Gasteiger charge is 2.12. The normalized spacial score (nSPS) is 12.1. The molecule has 5 heteroatoms. The Morgan fingerprint density at radius 2 is 2.15 bits per heavy atom. The smallest absolute Gasteiger partial charge is 0.322 e. The number of nitrogens with one attached hydrogen (secondary N) is 1. The average Bonchev–Trinajstić information content (AvgIpc) is 2.99. The van der Waals surface area contributed by atoms with E-state index >= 15 is 0 Å². The maximum absolute atomic E-state index is 11.5. The van der Waals surface area contributed by atoms with Gasteiger partial charge in [-0.25, -0.2) is 4.68 Å². The lowest BCUT2D eigenvalue weighted by Crippen LogP contribution is -2.34. The van der Waals surface area contributed by atoms with Crippen LogP contribution in [0.4, 0.5) is 0 Å². The number of benzene rings is 1. The number of carbonyl (C=O) groups excluding carboxylic acids is 1. The number of rotatable bonds is 6. The van der Waals surface area contributed by atoms with Crippen LogP contribution in [0.5, 0.6) is 0 Å². The highest BCUT2D eigenvalue weighted by atomic mass is 16.5. The number of esters is 1. The van der Waals surface area contributed by atoms with Crippen LogP contribution >= 0.6 is 0 Å². The van der Waals surface area contributed by atoms with Gasteiger partial charge in [0.1, 0.15) is 6.04 Å². The molecule has 0 radical (unpaired) electrons. The van der Waals surface area contributed by atoms with Crippen molar-refractivity contribution in [2.24, 2.45) is 0 Å². The van der Waals surface area contributed by atoms with Gasteiger partial charge in [0.05, 0.1) is 12.3 Å². The van der Waals surface area contributed by atoms with Gasteiger partial charge < -0.3 is 10.1 Å². The van der Waals surface area contributed by atoms with E-state index in [4.69, 9.17) is 4.74 Å². The SMILES string of the molecule is CCOC(=O)C(C)NCc1ccc(-n2cccn2)cc1. The predicted molar refractivity (Wildman–Crippen MR) is 76.5 cm³/mol. The summed E-state index contributed by atoms with van der Waals surface area (Å²) in [4.78, 5) is 11.5. The number of aromatic nitrogens is 2. The van der Waals surface area contributed by atoms with Gasteiger partial charge in [0.25, 0.3) is 0 Å². The van der Waals surface area contributed by atoms with Gasteiger partial charge in [0, 0.05) is 18.9 Å². The summed E-state index contributed by atoms with van der Waals surface area (Å²) in [6.45, 7) is 4.64. The first-order chi connectivity index (χ1) is 9.70. The van der Waals surface area contributed by atoms with E-state index in [-0.39, 0.29) is 12.0 Å². The van der Waals surface area contributed by atoms with E-state index in [1.807, 2.05) is 36.5 Å². The zero-order valence-electron chi connectivity index (χ0n) is 11.7. The second kappa shape index (κ2) is 6.86. The van der Waals surface area contributed by atoms with Gasteiger partial charge >= 0.3 is 5.97 Å². The Kier molecular flexibility index (Phi) is 4.90. The molecule has 2 rings (SSSR count). The lowest BCUT2D eigenvalue weighted by molar-refractivity contribution is -0.145. The van der Waals surface area contributed by atoms with Crippen molar-refractivity contribution < 1.29 is 9.53 Å². The first-order valence-electron chi connectivity index (χ1n) is 6.69. The first-order valence-corrected chi connectivity index (χ1v) is 6.69. The molecular formula is C15H19N3O2. The van der Waals surface area contributed by atoms with Crippen molar-refractivity contribution in [1.82, 2.24) is 15.1 Å². The van der Waals surface area contributed by atoms with Gasteiger partial charge in [-0.15, -0.1) is 0 Å². The van der Waals surface area contributed by atoms with Crippen LogP contribution in [-0.4, -0.2) is 28.4 Å². The van der Waals surface area contributed by atoms with Crippen molar-refractivity contribution in [3.05, 3.63) is 48.3 Å². The molecule has 0 aliphatic carbocycles. The molecule has 1 aromatic carbocycles. The van der Waals surface area contributed by atoms with Crippen LogP contribution in [0.15, 0.2) is 42.7 Å². The van der Waals surface area contributed by atoms with Crippen molar-refractivity contribution in [1.29, 1.82) is 0 Å². The zero-order valence-corrected chi connectivity index (χ0v) is 11.7. The summed E-state index contributed by atoms with van der Waals surface area (Å²) in [5, 5.41) is 7.31. The third kappa shape index (κ3) is 3.68. The molecule has 0 amide bonds. The standard InChI is InChI=1S/C15H19N3O2/c1-3-20-15(19)12(2)16-11-13-5-7-14(8-6-13)18-10-4-9-17-18/h4-10,12,16H,3,11H2,1-2H3. The second-order valence-electron chi connectivity index (χ2n) is 4.47. The lowest BCUT2D eigenvalue weighted by Gasteiger charge is -2.12. The van der Waals surface area contributed by atoms with E-state index in [1.54, 1.807) is 24.7 Å². The molecule has 1 heterocycles. The van der Waals surface area contributed by atoms with Gasteiger partial charge in [-0.1, -0.05) is 12.1 Å². The Balaban J connectivity index is 1.90. The molecule has 2 aromatic rings. The van der Waals surface area contributed by atoms with E-state index < -0.39 is 0 Å². The third-order valence-corrected chi connectivity index (χ3v) is 2.96.